The molecule has 1 aromatic carbocycles. The van der Waals surface area contributed by atoms with Crippen molar-refractivity contribution in [3.8, 4) is 11.5 Å². The van der Waals surface area contributed by atoms with Crippen molar-refractivity contribution in [1.29, 1.82) is 0 Å². The molecule has 0 amide bonds. The highest BCUT2D eigenvalue weighted by atomic mass is 35.5. The first-order valence-corrected chi connectivity index (χ1v) is 6.72. The highest BCUT2D eigenvalue weighted by Gasteiger charge is 2.11. The summed E-state index contributed by atoms with van der Waals surface area (Å²) in [6.07, 6.45) is 1.10. The third-order valence-corrected chi connectivity index (χ3v) is 3.13. The van der Waals surface area contributed by atoms with Gasteiger partial charge in [0.2, 0.25) is 0 Å². The van der Waals surface area contributed by atoms with Crippen LogP contribution in [0.15, 0.2) is 12.1 Å². The number of benzene rings is 1. The summed E-state index contributed by atoms with van der Waals surface area (Å²) in [5.41, 5.74) is 1.10. The fourth-order valence-corrected chi connectivity index (χ4v) is 1.88. The van der Waals surface area contributed by atoms with Crippen LogP contribution in [0.5, 0.6) is 11.5 Å². The van der Waals surface area contributed by atoms with Crippen molar-refractivity contribution in [1.82, 2.24) is 5.32 Å². The van der Waals surface area contributed by atoms with Crippen LogP contribution in [-0.2, 0) is 6.54 Å². The maximum absolute atomic E-state index is 6.21. The average Bonchev–Trinajstić information content (AvgIpc) is 2.38. The molecule has 1 unspecified atom stereocenters. The topological polar surface area (TPSA) is 30.5 Å². The van der Waals surface area contributed by atoms with Crippen LogP contribution in [0.1, 0.15) is 32.8 Å². The number of hydrogen-bond donors (Lipinski definition) is 1. The third kappa shape index (κ3) is 4.07. The maximum atomic E-state index is 6.21. The predicted octanol–water partition coefficient (Wildman–Crippen LogP) is 3.64. The normalized spacial score (nSPS) is 12.3. The summed E-state index contributed by atoms with van der Waals surface area (Å²) < 4.78 is 10.8. The molecule has 3 nitrogen and oxygen atoms in total. The molecule has 0 aliphatic heterocycles. The lowest BCUT2D eigenvalue weighted by molar-refractivity contribution is 0.311. The Balaban J connectivity index is 2.85. The SMILES string of the molecule is CCOc1c(Cl)cc(CNC(C)CC)cc1OC. The van der Waals surface area contributed by atoms with Crippen LogP contribution in [0.2, 0.25) is 5.02 Å². The molecule has 0 aliphatic rings. The summed E-state index contributed by atoms with van der Waals surface area (Å²) in [5, 5.41) is 4.02. The molecule has 0 fully saturated rings. The van der Waals surface area contributed by atoms with E-state index in [4.69, 9.17) is 21.1 Å². The van der Waals surface area contributed by atoms with Gasteiger partial charge in [-0.15, -0.1) is 0 Å². The van der Waals surface area contributed by atoms with Gasteiger partial charge in [-0.3, -0.25) is 0 Å². The summed E-state index contributed by atoms with van der Waals surface area (Å²) in [6.45, 7) is 7.59. The van der Waals surface area contributed by atoms with Crippen molar-refractivity contribution in [3.63, 3.8) is 0 Å². The van der Waals surface area contributed by atoms with Crippen LogP contribution in [0, 0.1) is 0 Å². The fourth-order valence-electron chi connectivity index (χ4n) is 1.60. The van der Waals surface area contributed by atoms with E-state index in [1.54, 1.807) is 7.11 Å². The van der Waals surface area contributed by atoms with E-state index in [0.717, 1.165) is 18.5 Å². The van der Waals surface area contributed by atoms with Gasteiger partial charge in [0.15, 0.2) is 11.5 Å². The maximum Gasteiger partial charge on any atom is 0.179 e. The van der Waals surface area contributed by atoms with Gasteiger partial charge in [-0.1, -0.05) is 18.5 Å². The molecule has 0 aliphatic carbocycles. The number of nitrogens with one attached hydrogen (secondary N) is 1. The van der Waals surface area contributed by atoms with Crippen molar-refractivity contribution in [2.75, 3.05) is 13.7 Å². The van der Waals surface area contributed by atoms with Gasteiger partial charge in [-0.25, -0.2) is 0 Å². The Morgan fingerprint density at radius 3 is 2.61 bits per heavy atom. The lowest BCUT2D eigenvalue weighted by Crippen LogP contribution is -2.24. The van der Waals surface area contributed by atoms with E-state index in [-0.39, 0.29) is 0 Å². The van der Waals surface area contributed by atoms with Crippen molar-refractivity contribution in [2.24, 2.45) is 0 Å². The minimum atomic E-state index is 0.487. The number of ether oxygens (including phenoxy) is 2. The lowest BCUT2D eigenvalue weighted by atomic mass is 10.1. The zero-order chi connectivity index (χ0) is 13.5. The highest BCUT2D eigenvalue weighted by molar-refractivity contribution is 6.32. The van der Waals surface area contributed by atoms with Crippen molar-refractivity contribution in [2.45, 2.75) is 39.8 Å². The minimum absolute atomic E-state index is 0.487. The van der Waals surface area contributed by atoms with Gasteiger partial charge < -0.3 is 14.8 Å². The molecule has 0 bridgehead atoms. The quantitative estimate of drug-likeness (QED) is 0.821. The molecule has 102 valence electrons. The van der Waals surface area contributed by atoms with Crippen molar-refractivity contribution >= 4 is 11.6 Å². The first kappa shape index (κ1) is 15.1. The summed E-state index contributed by atoms with van der Waals surface area (Å²) >= 11 is 6.21. The molecule has 0 heterocycles. The fraction of sp³-hybridized carbons (Fsp3) is 0.571. The monoisotopic (exact) mass is 271 g/mol. The van der Waals surface area contributed by atoms with E-state index >= 15 is 0 Å². The van der Waals surface area contributed by atoms with E-state index < -0.39 is 0 Å². The van der Waals surface area contributed by atoms with Crippen LogP contribution >= 0.6 is 11.6 Å². The molecule has 0 aromatic heterocycles. The van der Waals surface area contributed by atoms with Crippen LogP contribution in [-0.4, -0.2) is 19.8 Å². The molecular weight excluding hydrogens is 250 g/mol. The average molecular weight is 272 g/mol. The highest BCUT2D eigenvalue weighted by Crippen LogP contribution is 2.36. The Morgan fingerprint density at radius 1 is 1.33 bits per heavy atom. The summed E-state index contributed by atoms with van der Waals surface area (Å²) in [5.74, 6) is 1.30. The summed E-state index contributed by atoms with van der Waals surface area (Å²) in [6, 6.07) is 4.37. The van der Waals surface area contributed by atoms with Gasteiger partial charge in [0.1, 0.15) is 0 Å². The Morgan fingerprint density at radius 2 is 2.06 bits per heavy atom. The lowest BCUT2D eigenvalue weighted by Gasteiger charge is -2.15. The van der Waals surface area contributed by atoms with Crippen molar-refractivity contribution < 1.29 is 9.47 Å². The predicted molar refractivity (Wildman–Crippen MR) is 75.8 cm³/mol. The number of halogens is 1. The molecule has 4 heteroatoms. The molecule has 1 rings (SSSR count). The molecule has 0 spiro atoms. The van der Waals surface area contributed by atoms with Crippen LogP contribution in [0.25, 0.3) is 0 Å². The van der Waals surface area contributed by atoms with Crippen LogP contribution in [0.4, 0.5) is 0 Å². The van der Waals surface area contributed by atoms with Gasteiger partial charge in [0, 0.05) is 12.6 Å². The van der Waals surface area contributed by atoms with Gasteiger partial charge in [0.25, 0.3) is 0 Å². The molecule has 1 atom stereocenters. The Kier molecular flexibility index (Phi) is 6.30. The van der Waals surface area contributed by atoms with Gasteiger partial charge in [-0.05, 0) is 38.0 Å². The second-order valence-electron chi connectivity index (χ2n) is 4.23. The third-order valence-electron chi connectivity index (χ3n) is 2.84. The summed E-state index contributed by atoms with van der Waals surface area (Å²) in [4.78, 5) is 0. The van der Waals surface area contributed by atoms with Crippen LogP contribution < -0.4 is 14.8 Å². The first-order valence-electron chi connectivity index (χ1n) is 6.34. The van der Waals surface area contributed by atoms with E-state index in [2.05, 4.69) is 19.2 Å². The number of hydrogen-bond acceptors (Lipinski definition) is 3. The molecule has 1 aromatic rings. The van der Waals surface area contributed by atoms with Crippen molar-refractivity contribution in [3.05, 3.63) is 22.7 Å². The standard InChI is InChI=1S/C14H22ClNO2/c1-5-10(3)16-9-11-7-12(15)14(18-6-2)13(8-11)17-4/h7-8,10,16H,5-6,9H2,1-4H3. The largest absolute Gasteiger partial charge is 0.493 e. The second kappa shape index (κ2) is 7.49. The van der Waals surface area contributed by atoms with E-state index in [1.807, 2.05) is 19.1 Å². The molecule has 0 saturated heterocycles. The molecular formula is C14H22ClNO2. The number of rotatable bonds is 7. The van der Waals surface area contributed by atoms with E-state index in [1.165, 1.54) is 0 Å². The van der Waals surface area contributed by atoms with E-state index in [0.29, 0.717) is 29.2 Å². The second-order valence-corrected chi connectivity index (χ2v) is 4.64. The van der Waals surface area contributed by atoms with Gasteiger partial charge in [-0.2, -0.15) is 0 Å². The summed E-state index contributed by atoms with van der Waals surface area (Å²) in [7, 11) is 1.63. The molecule has 0 radical (unpaired) electrons. The zero-order valence-electron chi connectivity index (χ0n) is 11.5. The Hall–Kier alpha value is -0.930. The Labute approximate surface area is 114 Å². The molecule has 1 N–H and O–H groups in total. The Bertz CT molecular complexity index is 382. The van der Waals surface area contributed by atoms with Gasteiger partial charge >= 0.3 is 0 Å². The minimum Gasteiger partial charge on any atom is -0.493 e. The smallest absolute Gasteiger partial charge is 0.179 e. The first-order chi connectivity index (χ1) is 8.62. The van der Waals surface area contributed by atoms with E-state index in [9.17, 15) is 0 Å². The van der Waals surface area contributed by atoms with Crippen LogP contribution in [0.3, 0.4) is 0 Å². The number of methoxy groups -OCH3 is 1. The molecule has 0 saturated carbocycles. The molecule has 18 heavy (non-hydrogen) atoms. The van der Waals surface area contributed by atoms with Gasteiger partial charge in [0.05, 0.1) is 18.7 Å². The zero-order valence-corrected chi connectivity index (χ0v) is 12.3.